The van der Waals surface area contributed by atoms with Crippen molar-refractivity contribution in [3.8, 4) is 0 Å². The molecule has 0 saturated carbocycles. The van der Waals surface area contributed by atoms with Gasteiger partial charge in [0.25, 0.3) is 5.91 Å². The van der Waals surface area contributed by atoms with E-state index in [1.54, 1.807) is 6.92 Å². The topological polar surface area (TPSA) is 59.2 Å². The lowest BCUT2D eigenvalue weighted by atomic mass is 10.2. The van der Waals surface area contributed by atoms with Crippen LogP contribution in [-0.2, 0) is 13.0 Å². The SMILES string of the molecule is CCCc1nc(CN(CC)C(=O)c2cc(F)c(F)cc2Cl)no1. The molecule has 1 heterocycles. The highest BCUT2D eigenvalue weighted by molar-refractivity contribution is 6.33. The largest absolute Gasteiger partial charge is 0.339 e. The summed E-state index contributed by atoms with van der Waals surface area (Å²) >= 11 is 5.84. The van der Waals surface area contributed by atoms with Gasteiger partial charge in [0.1, 0.15) is 0 Å². The van der Waals surface area contributed by atoms with E-state index >= 15 is 0 Å². The Labute approximate surface area is 137 Å². The van der Waals surface area contributed by atoms with Gasteiger partial charge in [-0.2, -0.15) is 4.98 Å². The fourth-order valence-corrected chi connectivity index (χ4v) is 2.26. The molecule has 23 heavy (non-hydrogen) atoms. The summed E-state index contributed by atoms with van der Waals surface area (Å²) in [5.74, 6) is -1.91. The molecule has 0 fully saturated rings. The van der Waals surface area contributed by atoms with Gasteiger partial charge in [0.05, 0.1) is 17.1 Å². The van der Waals surface area contributed by atoms with Crippen LogP contribution in [0, 0.1) is 11.6 Å². The van der Waals surface area contributed by atoms with Gasteiger partial charge in [-0.15, -0.1) is 0 Å². The van der Waals surface area contributed by atoms with Gasteiger partial charge in [-0.3, -0.25) is 4.79 Å². The van der Waals surface area contributed by atoms with Gasteiger partial charge in [0.15, 0.2) is 17.5 Å². The van der Waals surface area contributed by atoms with Gasteiger partial charge < -0.3 is 9.42 Å². The number of aromatic nitrogens is 2. The van der Waals surface area contributed by atoms with Crippen LogP contribution in [0.3, 0.4) is 0 Å². The van der Waals surface area contributed by atoms with Gasteiger partial charge in [-0.1, -0.05) is 23.7 Å². The van der Waals surface area contributed by atoms with Crippen LogP contribution in [-0.4, -0.2) is 27.5 Å². The Morgan fingerprint density at radius 3 is 2.65 bits per heavy atom. The van der Waals surface area contributed by atoms with Crippen LogP contribution in [0.1, 0.15) is 42.3 Å². The minimum absolute atomic E-state index is 0.0951. The molecule has 0 bridgehead atoms. The van der Waals surface area contributed by atoms with Crippen LogP contribution in [0.2, 0.25) is 5.02 Å². The van der Waals surface area contributed by atoms with Gasteiger partial charge in [-0.25, -0.2) is 8.78 Å². The summed E-state index contributed by atoms with van der Waals surface area (Å²) in [5, 5.41) is 3.66. The molecule has 0 unspecified atom stereocenters. The third kappa shape index (κ3) is 4.04. The predicted molar refractivity (Wildman–Crippen MR) is 80.1 cm³/mol. The molecule has 0 aliphatic rings. The van der Waals surface area contributed by atoms with Crippen LogP contribution >= 0.6 is 11.6 Å². The molecule has 1 aromatic carbocycles. The minimum Gasteiger partial charge on any atom is -0.339 e. The van der Waals surface area contributed by atoms with E-state index in [-0.39, 0.29) is 17.1 Å². The summed E-state index contributed by atoms with van der Waals surface area (Å²) in [6, 6.07) is 1.58. The molecule has 0 N–H and O–H groups in total. The second-order valence-corrected chi connectivity index (χ2v) is 5.33. The number of carbonyl (C=O) groups excluding carboxylic acids is 1. The van der Waals surface area contributed by atoms with Gasteiger partial charge in [0.2, 0.25) is 5.89 Å². The van der Waals surface area contributed by atoms with Crippen molar-refractivity contribution in [3.05, 3.63) is 46.1 Å². The number of rotatable bonds is 6. The Morgan fingerprint density at radius 2 is 2.00 bits per heavy atom. The number of hydrogen-bond acceptors (Lipinski definition) is 4. The standard InChI is InChI=1S/C15H16ClF2N3O2/c1-3-5-14-19-13(20-23-14)8-21(4-2)15(22)9-6-11(17)12(18)7-10(9)16/h6-7H,3-5,8H2,1-2H3. The molecular weight excluding hydrogens is 328 g/mol. The maximum absolute atomic E-state index is 13.4. The summed E-state index contributed by atoms with van der Waals surface area (Å²) in [6.45, 7) is 4.15. The third-order valence-electron chi connectivity index (χ3n) is 3.22. The molecular formula is C15H16ClF2N3O2. The number of amides is 1. The van der Waals surface area contributed by atoms with Crippen molar-refractivity contribution in [2.75, 3.05) is 6.54 Å². The number of hydrogen-bond donors (Lipinski definition) is 0. The van der Waals surface area contributed by atoms with E-state index in [0.29, 0.717) is 24.7 Å². The van der Waals surface area contributed by atoms with Crippen molar-refractivity contribution in [3.63, 3.8) is 0 Å². The van der Waals surface area contributed by atoms with Crippen LogP contribution in [0.4, 0.5) is 8.78 Å². The zero-order valence-electron chi connectivity index (χ0n) is 12.8. The number of benzene rings is 1. The number of halogens is 3. The van der Waals surface area contributed by atoms with Gasteiger partial charge >= 0.3 is 0 Å². The van der Waals surface area contributed by atoms with E-state index in [9.17, 15) is 13.6 Å². The molecule has 0 saturated heterocycles. The second kappa shape index (κ2) is 7.50. The molecule has 8 heteroatoms. The van der Waals surface area contributed by atoms with Crippen LogP contribution in [0.15, 0.2) is 16.7 Å². The van der Waals surface area contributed by atoms with Crippen LogP contribution in [0.5, 0.6) is 0 Å². The van der Waals surface area contributed by atoms with Crippen molar-refractivity contribution >= 4 is 17.5 Å². The number of aryl methyl sites for hydroxylation is 1. The lowest BCUT2D eigenvalue weighted by Gasteiger charge is -2.19. The summed E-state index contributed by atoms with van der Waals surface area (Å²) in [4.78, 5) is 18.0. The lowest BCUT2D eigenvalue weighted by molar-refractivity contribution is 0.0747. The Bertz CT molecular complexity index is 706. The predicted octanol–water partition coefficient (Wildman–Crippen LogP) is 3.62. The van der Waals surface area contributed by atoms with Gasteiger partial charge in [0, 0.05) is 13.0 Å². The molecule has 5 nitrogen and oxygen atoms in total. The average molecular weight is 344 g/mol. The van der Waals surface area contributed by atoms with Crippen LogP contribution < -0.4 is 0 Å². The van der Waals surface area contributed by atoms with E-state index in [1.165, 1.54) is 4.90 Å². The lowest BCUT2D eigenvalue weighted by Crippen LogP contribution is -2.31. The summed E-state index contributed by atoms with van der Waals surface area (Å²) in [5.41, 5.74) is -0.107. The molecule has 0 radical (unpaired) electrons. The van der Waals surface area contributed by atoms with Gasteiger partial charge in [-0.05, 0) is 25.5 Å². The average Bonchev–Trinajstić information content (AvgIpc) is 2.95. The van der Waals surface area contributed by atoms with E-state index in [2.05, 4.69) is 10.1 Å². The Kier molecular flexibility index (Phi) is 5.65. The zero-order valence-corrected chi connectivity index (χ0v) is 13.5. The zero-order chi connectivity index (χ0) is 17.0. The Morgan fingerprint density at radius 1 is 1.30 bits per heavy atom. The highest BCUT2D eigenvalue weighted by Gasteiger charge is 2.21. The number of nitrogens with zero attached hydrogens (tertiary/aromatic N) is 3. The molecule has 0 spiro atoms. The summed E-state index contributed by atoms with van der Waals surface area (Å²) < 4.78 is 31.5. The van der Waals surface area contributed by atoms with E-state index in [4.69, 9.17) is 16.1 Å². The van der Waals surface area contributed by atoms with E-state index in [1.807, 2.05) is 6.92 Å². The van der Waals surface area contributed by atoms with Crippen molar-refractivity contribution in [1.29, 1.82) is 0 Å². The monoisotopic (exact) mass is 343 g/mol. The quantitative estimate of drug-likeness (QED) is 0.752. The molecule has 1 aromatic heterocycles. The maximum atomic E-state index is 13.4. The molecule has 2 rings (SSSR count). The first kappa shape index (κ1) is 17.3. The molecule has 2 aromatic rings. The smallest absolute Gasteiger partial charge is 0.255 e. The Balaban J connectivity index is 2.19. The fourth-order valence-electron chi connectivity index (χ4n) is 2.02. The minimum atomic E-state index is -1.13. The van der Waals surface area contributed by atoms with Crippen molar-refractivity contribution in [2.24, 2.45) is 0 Å². The molecule has 124 valence electrons. The highest BCUT2D eigenvalue weighted by atomic mass is 35.5. The fraction of sp³-hybridized carbons (Fsp3) is 0.400. The molecule has 0 aliphatic heterocycles. The van der Waals surface area contributed by atoms with Crippen LogP contribution in [0.25, 0.3) is 0 Å². The molecule has 0 atom stereocenters. The highest BCUT2D eigenvalue weighted by Crippen LogP contribution is 2.22. The van der Waals surface area contributed by atoms with Crippen molar-refractivity contribution in [2.45, 2.75) is 33.2 Å². The normalized spacial score (nSPS) is 10.8. The summed E-state index contributed by atoms with van der Waals surface area (Å²) in [7, 11) is 0. The number of carbonyl (C=O) groups is 1. The third-order valence-corrected chi connectivity index (χ3v) is 3.53. The first-order chi connectivity index (χ1) is 11.0. The van der Waals surface area contributed by atoms with E-state index in [0.717, 1.165) is 18.6 Å². The molecule has 0 aliphatic carbocycles. The molecule has 1 amide bonds. The van der Waals surface area contributed by atoms with Crippen molar-refractivity contribution < 1.29 is 18.1 Å². The first-order valence-corrected chi connectivity index (χ1v) is 7.59. The maximum Gasteiger partial charge on any atom is 0.255 e. The first-order valence-electron chi connectivity index (χ1n) is 7.21. The van der Waals surface area contributed by atoms with E-state index < -0.39 is 17.5 Å². The Hall–Kier alpha value is -2.02. The second-order valence-electron chi connectivity index (χ2n) is 4.92. The van der Waals surface area contributed by atoms with Crippen molar-refractivity contribution in [1.82, 2.24) is 15.0 Å². The summed E-state index contributed by atoms with van der Waals surface area (Å²) in [6.07, 6.45) is 1.52.